The number of nitrogens with zero attached hydrogens (tertiary/aromatic N) is 3. The van der Waals surface area contributed by atoms with Crippen LogP contribution in [0.25, 0.3) is 0 Å². The number of carbonyl (C=O) groups excluding carboxylic acids is 1. The Morgan fingerprint density at radius 1 is 1.27 bits per heavy atom. The molecule has 0 heterocycles. The van der Waals surface area contributed by atoms with Crippen LogP contribution < -0.4 is 4.31 Å². The van der Waals surface area contributed by atoms with E-state index in [1.165, 1.54) is 6.07 Å². The normalized spacial score (nSPS) is 10.8. The first kappa shape index (κ1) is 18.0. The summed E-state index contributed by atoms with van der Waals surface area (Å²) in [7, 11) is -3.52. The molecule has 0 unspecified atom stereocenters. The summed E-state index contributed by atoms with van der Waals surface area (Å²) in [6, 6.07) is 8.32. The van der Waals surface area contributed by atoms with E-state index in [1.807, 2.05) is 19.9 Å². The van der Waals surface area contributed by atoms with Crippen LogP contribution in [0.15, 0.2) is 24.3 Å². The molecule has 0 aliphatic heterocycles. The van der Waals surface area contributed by atoms with Crippen molar-refractivity contribution in [2.75, 3.05) is 30.2 Å². The lowest BCUT2D eigenvalue weighted by atomic mass is 10.2. The summed E-state index contributed by atoms with van der Waals surface area (Å²) in [6.45, 7) is 5.01. The molecular formula is C15H21N3O3S. The number of hydrogen-bond donors (Lipinski definition) is 0. The van der Waals surface area contributed by atoms with Crippen molar-refractivity contribution in [1.82, 2.24) is 4.90 Å². The molecule has 22 heavy (non-hydrogen) atoms. The van der Waals surface area contributed by atoms with E-state index in [-0.39, 0.29) is 18.9 Å². The van der Waals surface area contributed by atoms with Gasteiger partial charge in [-0.1, -0.05) is 6.07 Å². The third-order valence-electron chi connectivity index (χ3n) is 3.31. The van der Waals surface area contributed by atoms with E-state index in [9.17, 15) is 13.2 Å². The fourth-order valence-corrected chi connectivity index (χ4v) is 3.07. The Balaban J connectivity index is 2.97. The fraction of sp³-hybridized carbons (Fsp3) is 0.467. The highest BCUT2D eigenvalue weighted by atomic mass is 32.2. The van der Waals surface area contributed by atoms with Crippen molar-refractivity contribution in [3.8, 4) is 6.07 Å². The molecule has 0 atom stereocenters. The summed E-state index contributed by atoms with van der Waals surface area (Å²) in [5.74, 6) is -0.0879. The number of sulfonamides is 1. The minimum absolute atomic E-state index is 0.0586. The average molecular weight is 323 g/mol. The maximum Gasteiger partial charge on any atom is 0.232 e. The van der Waals surface area contributed by atoms with Gasteiger partial charge in [0.1, 0.15) is 0 Å². The Labute approximate surface area is 132 Å². The van der Waals surface area contributed by atoms with Crippen LogP contribution in [0.2, 0.25) is 0 Å². The zero-order valence-corrected chi connectivity index (χ0v) is 13.9. The Morgan fingerprint density at radius 3 is 2.41 bits per heavy atom. The zero-order chi connectivity index (χ0) is 16.8. The molecule has 0 N–H and O–H groups in total. The predicted molar refractivity (Wildman–Crippen MR) is 85.9 cm³/mol. The van der Waals surface area contributed by atoms with Crippen molar-refractivity contribution >= 4 is 21.6 Å². The molecule has 120 valence electrons. The number of hydrogen-bond acceptors (Lipinski definition) is 4. The second-order valence-corrected chi connectivity index (χ2v) is 6.72. The molecule has 0 fully saturated rings. The van der Waals surface area contributed by atoms with E-state index in [0.29, 0.717) is 24.3 Å². The standard InChI is InChI=1S/C15H21N3O3S/c1-4-17(5-2)15(19)9-10-18(22(3,20)21)14-8-6-7-13(11-14)12-16/h6-8,11H,4-5,9-10H2,1-3H3. The molecule has 0 saturated carbocycles. The molecule has 0 bridgehead atoms. The number of anilines is 1. The molecule has 7 heteroatoms. The molecule has 0 saturated heterocycles. The van der Waals surface area contributed by atoms with Crippen LogP contribution in [0.4, 0.5) is 5.69 Å². The maximum absolute atomic E-state index is 12.0. The van der Waals surface area contributed by atoms with Gasteiger partial charge in [-0.05, 0) is 32.0 Å². The minimum Gasteiger partial charge on any atom is -0.343 e. The van der Waals surface area contributed by atoms with Crippen LogP contribution in [0, 0.1) is 11.3 Å². The molecule has 0 aliphatic rings. The van der Waals surface area contributed by atoms with Gasteiger partial charge in [0.05, 0.1) is 23.6 Å². The van der Waals surface area contributed by atoms with E-state index >= 15 is 0 Å². The van der Waals surface area contributed by atoms with E-state index in [0.717, 1.165) is 10.6 Å². The van der Waals surface area contributed by atoms with Gasteiger partial charge >= 0.3 is 0 Å². The third kappa shape index (κ3) is 4.74. The lowest BCUT2D eigenvalue weighted by Gasteiger charge is -2.24. The lowest BCUT2D eigenvalue weighted by Crippen LogP contribution is -2.36. The molecular weight excluding hydrogens is 302 g/mol. The smallest absolute Gasteiger partial charge is 0.232 e. The van der Waals surface area contributed by atoms with Crippen LogP contribution in [0.3, 0.4) is 0 Å². The summed E-state index contributed by atoms with van der Waals surface area (Å²) in [5, 5.41) is 8.92. The number of benzene rings is 1. The fourth-order valence-electron chi connectivity index (χ4n) is 2.15. The summed E-state index contributed by atoms with van der Waals surface area (Å²) in [4.78, 5) is 13.7. The average Bonchev–Trinajstić information content (AvgIpc) is 2.47. The second-order valence-electron chi connectivity index (χ2n) is 4.81. The van der Waals surface area contributed by atoms with E-state index in [4.69, 9.17) is 5.26 Å². The number of carbonyl (C=O) groups is 1. The zero-order valence-electron chi connectivity index (χ0n) is 13.1. The number of rotatable bonds is 7. The molecule has 1 rings (SSSR count). The highest BCUT2D eigenvalue weighted by molar-refractivity contribution is 7.92. The van der Waals surface area contributed by atoms with Crippen LogP contribution in [-0.2, 0) is 14.8 Å². The van der Waals surface area contributed by atoms with Crippen LogP contribution >= 0.6 is 0 Å². The monoisotopic (exact) mass is 323 g/mol. The van der Waals surface area contributed by atoms with Crippen molar-refractivity contribution in [2.45, 2.75) is 20.3 Å². The third-order valence-corrected chi connectivity index (χ3v) is 4.50. The molecule has 0 spiro atoms. The molecule has 0 aromatic heterocycles. The van der Waals surface area contributed by atoms with E-state index < -0.39 is 10.0 Å². The van der Waals surface area contributed by atoms with Crippen LogP contribution in [-0.4, -0.2) is 45.1 Å². The number of amides is 1. The van der Waals surface area contributed by atoms with Gasteiger partial charge in [-0.15, -0.1) is 0 Å². The summed E-state index contributed by atoms with van der Waals surface area (Å²) in [5.41, 5.74) is 0.773. The van der Waals surface area contributed by atoms with Crippen molar-refractivity contribution < 1.29 is 13.2 Å². The predicted octanol–water partition coefficient (Wildman–Crippen LogP) is 1.58. The van der Waals surface area contributed by atoms with Gasteiger partial charge in [0.25, 0.3) is 0 Å². The Morgan fingerprint density at radius 2 is 1.91 bits per heavy atom. The maximum atomic E-state index is 12.0. The molecule has 1 aromatic carbocycles. The Bertz CT molecular complexity index is 661. The largest absolute Gasteiger partial charge is 0.343 e. The van der Waals surface area contributed by atoms with Crippen molar-refractivity contribution in [3.63, 3.8) is 0 Å². The van der Waals surface area contributed by atoms with Gasteiger partial charge in [0.15, 0.2) is 0 Å². The highest BCUT2D eigenvalue weighted by Gasteiger charge is 2.20. The van der Waals surface area contributed by atoms with E-state index in [1.54, 1.807) is 23.1 Å². The summed E-state index contributed by atoms with van der Waals surface area (Å²) in [6.07, 6.45) is 1.19. The Kier molecular flexibility index (Phi) is 6.38. The quantitative estimate of drug-likeness (QED) is 0.763. The molecule has 1 amide bonds. The van der Waals surface area contributed by atoms with E-state index in [2.05, 4.69) is 0 Å². The first-order chi connectivity index (χ1) is 10.3. The molecule has 6 nitrogen and oxygen atoms in total. The van der Waals surface area contributed by atoms with Crippen molar-refractivity contribution in [2.24, 2.45) is 0 Å². The van der Waals surface area contributed by atoms with Gasteiger partial charge < -0.3 is 4.90 Å². The first-order valence-corrected chi connectivity index (χ1v) is 8.94. The topological polar surface area (TPSA) is 81.5 Å². The first-order valence-electron chi connectivity index (χ1n) is 7.09. The molecule has 0 radical (unpaired) electrons. The van der Waals surface area contributed by atoms with Gasteiger partial charge in [0, 0.05) is 26.1 Å². The van der Waals surface area contributed by atoms with Crippen LogP contribution in [0.5, 0.6) is 0 Å². The van der Waals surface area contributed by atoms with Crippen LogP contribution in [0.1, 0.15) is 25.8 Å². The lowest BCUT2D eigenvalue weighted by molar-refractivity contribution is -0.130. The molecule has 0 aliphatic carbocycles. The van der Waals surface area contributed by atoms with Gasteiger partial charge in [-0.25, -0.2) is 8.42 Å². The Hall–Kier alpha value is -2.07. The van der Waals surface area contributed by atoms with Gasteiger partial charge in [-0.3, -0.25) is 9.10 Å². The van der Waals surface area contributed by atoms with Gasteiger partial charge in [-0.2, -0.15) is 5.26 Å². The van der Waals surface area contributed by atoms with Crippen molar-refractivity contribution in [3.05, 3.63) is 29.8 Å². The van der Waals surface area contributed by atoms with Gasteiger partial charge in [0.2, 0.25) is 15.9 Å². The number of nitriles is 1. The summed E-state index contributed by atoms with van der Waals surface area (Å²) >= 11 is 0. The summed E-state index contributed by atoms with van der Waals surface area (Å²) < 4.78 is 25.1. The SMILES string of the molecule is CCN(CC)C(=O)CCN(c1cccc(C#N)c1)S(C)(=O)=O. The van der Waals surface area contributed by atoms with Crippen molar-refractivity contribution in [1.29, 1.82) is 5.26 Å². The second kappa shape index (κ2) is 7.80. The molecule has 1 aromatic rings. The minimum atomic E-state index is -3.52. The highest BCUT2D eigenvalue weighted by Crippen LogP contribution is 2.19.